The quantitative estimate of drug-likeness (QED) is 0.483. The van der Waals surface area contributed by atoms with Crippen LogP contribution in [0.3, 0.4) is 0 Å². The van der Waals surface area contributed by atoms with Crippen molar-refractivity contribution in [2.45, 2.75) is 25.7 Å². The van der Waals surface area contributed by atoms with Gasteiger partial charge in [0.1, 0.15) is 12.0 Å². The summed E-state index contributed by atoms with van der Waals surface area (Å²) in [7, 11) is 0. The Bertz CT molecular complexity index is 1210. The second-order valence-electron chi connectivity index (χ2n) is 6.66. The standard InChI is InChI=1S/C20H14ClF3N5O2/c1-11(30)9-29-19(20(22,23)24)13(8-27-29)18-16(15-6-7-25-10-26-15)17(28-31-18)12-4-2-3-5-14(12)21/h2-4,6-8,10-11,30H,9H2,1H3/t11-/m1/s1. The molecule has 159 valence electrons. The third-order valence-electron chi connectivity index (χ3n) is 4.38. The number of aliphatic hydroxyl groups is 1. The summed E-state index contributed by atoms with van der Waals surface area (Å²) >= 11 is 6.24. The molecule has 4 aromatic rings. The molecule has 0 amide bonds. The Morgan fingerprint density at radius 2 is 2.10 bits per heavy atom. The normalized spacial score (nSPS) is 12.8. The average molecular weight is 449 g/mol. The fraction of sp³-hybridized carbons (Fsp3) is 0.200. The van der Waals surface area contributed by atoms with Crippen LogP contribution in [0.4, 0.5) is 13.2 Å². The molecule has 0 aliphatic heterocycles. The molecular formula is C20H14ClF3N5O2. The Hall–Kier alpha value is -3.24. The van der Waals surface area contributed by atoms with Gasteiger partial charge in [-0.1, -0.05) is 35.0 Å². The summed E-state index contributed by atoms with van der Waals surface area (Å²) in [4.78, 5) is 8.01. The van der Waals surface area contributed by atoms with Crippen LogP contribution in [0.15, 0.2) is 47.5 Å². The minimum atomic E-state index is -4.77. The Labute approximate surface area is 179 Å². The molecule has 0 saturated heterocycles. The van der Waals surface area contributed by atoms with Crippen LogP contribution in [0, 0.1) is 6.07 Å². The Kier molecular flexibility index (Phi) is 5.50. The summed E-state index contributed by atoms with van der Waals surface area (Å²) < 4.78 is 47.9. The molecule has 0 unspecified atom stereocenters. The lowest BCUT2D eigenvalue weighted by molar-refractivity contribution is -0.144. The van der Waals surface area contributed by atoms with E-state index in [2.05, 4.69) is 26.3 Å². The summed E-state index contributed by atoms with van der Waals surface area (Å²) in [6, 6.07) is 9.25. The van der Waals surface area contributed by atoms with Crippen molar-refractivity contribution in [1.29, 1.82) is 0 Å². The number of halogens is 4. The topological polar surface area (TPSA) is 89.9 Å². The van der Waals surface area contributed by atoms with E-state index in [1.165, 1.54) is 25.5 Å². The van der Waals surface area contributed by atoms with Crippen molar-refractivity contribution in [1.82, 2.24) is 24.9 Å². The fourth-order valence-corrected chi connectivity index (χ4v) is 3.39. The molecule has 0 aliphatic rings. The van der Waals surface area contributed by atoms with Gasteiger partial charge in [-0.25, -0.2) is 9.97 Å². The predicted octanol–water partition coefficient (Wildman–Crippen LogP) is 4.52. The van der Waals surface area contributed by atoms with Crippen LogP contribution in [-0.2, 0) is 12.7 Å². The average Bonchev–Trinajstić information content (AvgIpc) is 3.32. The van der Waals surface area contributed by atoms with Crippen LogP contribution in [0.1, 0.15) is 12.6 Å². The number of aromatic nitrogens is 5. The molecule has 0 bridgehead atoms. The van der Waals surface area contributed by atoms with Gasteiger partial charge in [-0.05, 0) is 13.0 Å². The zero-order valence-electron chi connectivity index (χ0n) is 15.9. The first-order valence-electron chi connectivity index (χ1n) is 9.01. The van der Waals surface area contributed by atoms with Crippen molar-refractivity contribution in [2.75, 3.05) is 0 Å². The van der Waals surface area contributed by atoms with E-state index in [-0.39, 0.29) is 39.8 Å². The van der Waals surface area contributed by atoms with E-state index in [4.69, 9.17) is 16.1 Å². The zero-order chi connectivity index (χ0) is 22.2. The largest absolute Gasteiger partial charge is 0.433 e. The zero-order valence-corrected chi connectivity index (χ0v) is 16.7. The van der Waals surface area contributed by atoms with E-state index in [0.717, 1.165) is 6.20 Å². The molecule has 0 saturated carbocycles. The third kappa shape index (κ3) is 4.04. The molecular weight excluding hydrogens is 435 g/mol. The van der Waals surface area contributed by atoms with Gasteiger partial charge in [-0.15, -0.1) is 0 Å². The minimum Gasteiger partial charge on any atom is -0.391 e. The van der Waals surface area contributed by atoms with E-state index in [1.807, 2.05) is 0 Å². The SMILES string of the molecule is C[C@@H](O)Cn1ncc(-c2onc(-c3ccc[c]c3Cl)c2-c2ccncn2)c1C(F)(F)F. The van der Waals surface area contributed by atoms with Gasteiger partial charge in [0.05, 0.1) is 40.7 Å². The first kappa shape index (κ1) is 21.0. The van der Waals surface area contributed by atoms with Gasteiger partial charge in [0.25, 0.3) is 0 Å². The summed E-state index contributed by atoms with van der Waals surface area (Å²) in [5, 5.41) is 17.6. The molecule has 1 radical (unpaired) electrons. The summed E-state index contributed by atoms with van der Waals surface area (Å²) in [5.74, 6) is -0.183. The van der Waals surface area contributed by atoms with Gasteiger partial charge in [-0.3, -0.25) is 4.68 Å². The third-order valence-corrected chi connectivity index (χ3v) is 4.69. The lowest BCUT2D eigenvalue weighted by Crippen LogP contribution is -2.20. The molecule has 7 nitrogen and oxygen atoms in total. The molecule has 3 aromatic heterocycles. The van der Waals surface area contributed by atoms with Crippen molar-refractivity contribution in [3.05, 3.63) is 59.8 Å². The van der Waals surface area contributed by atoms with Crippen LogP contribution in [0.2, 0.25) is 5.02 Å². The van der Waals surface area contributed by atoms with Crippen molar-refractivity contribution >= 4 is 11.6 Å². The highest BCUT2D eigenvalue weighted by molar-refractivity contribution is 6.33. The first-order chi connectivity index (χ1) is 14.8. The number of alkyl halides is 3. The Morgan fingerprint density at radius 3 is 2.74 bits per heavy atom. The van der Waals surface area contributed by atoms with E-state index in [0.29, 0.717) is 10.2 Å². The van der Waals surface area contributed by atoms with Crippen LogP contribution in [0.5, 0.6) is 0 Å². The van der Waals surface area contributed by atoms with Crippen molar-refractivity contribution in [2.24, 2.45) is 0 Å². The van der Waals surface area contributed by atoms with Gasteiger partial charge in [-0.2, -0.15) is 18.3 Å². The highest BCUT2D eigenvalue weighted by atomic mass is 35.5. The second kappa shape index (κ2) is 8.12. The lowest BCUT2D eigenvalue weighted by Gasteiger charge is -2.13. The van der Waals surface area contributed by atoms with Gasteiger partial charge in [0.2, 0.25) is 0 Å². The maximum absolute atomic E-state index is 14.0. The summed E-state index contributed by atoms with van der Waals surface area (Å²) in [5.41, 5.74) is -0.304. The Balaban J connectivity index is 2.00. The maximum Gasteiger partial charge on any atom is 0.433 e. The van der Waals surface area contributed by atoms with Gasteiger partial charge in [0.15, 0.2) is 11.5 Å². The number of hydrogen-bond acceptors (Lipinski definition) is 6. The molecule has 0 fully saturated rings. The number of nitrogens with zero attached hydrogens (tertiary/aromatic N) is 5. The summed E-state index contributed by atoms with van der Waals surface area (Å²) in [6.45, 7) is 1.02. The highest BCUT2D eigenvalue weighted by Gasteiger charge is 2.41. The van der Waals surface area contributed by atoms with Crippen molar-refractivity contribution in [3.63, 3.8) is 0 Å². The number of rotatable bonds is 5. The van der Waals surface area contributed by atoms with Crippen LogP contribution < -0.4 is 0 Å². The van der Waals surface area contributed by atoms with Crippen LogP contribution >= 0.6 is 11.6 Å². The highest BCUT2D eigenvalue weighted by Crippen LogP contribution is 2.44. The van der Waals surface area contributed by atoms with Gasteiger partial charge in [0, 0.05) is 17.8 Å². The molecule has 0 spiro atoms. The number of aliphatic hydroxyl groups excluding tert-OH is 1. The molecule has 1 N–H and O–H groups in total. The summed E-state index contributed by atoms with van der Waals surface area (Å²) in [6.07, 6.45) is -2.08. The number of benzene rings is 1. The molecule has 0 aliphatic carbocycles. The van der Waals surface area contributed by atoms with E-state index in [9.17, 15) is 18.3 Å². The van der Waals surface area contributed by atoms with Gasteiger partial charge < -0.3 is 9.63 Å². The molecule has 3 heterocycles. The molecule has 31 heavy (non-hydrogen) atoms. The first-order valence-corrected chi connectivity index (χ1v) is 9.39. The van der Waals surface area contributed by atoms with E-state index < -0.39 is 18.0 Å². The van der Waals surface area contributed by atoms with Crippen molar-refractivity contribution in [3.8, 4) is 33.8 Å². The molecule has 1 atom stereocenters. The number of hydrogen-bond donors (Lipinski definition) is 1. The van der Waals surface area contributed by atoms with E-state index in [1.54, 1.807) is 18.2 Å². The predicted molar refractivity (Wildman–Crippen MR) is 105 cm³/mol. The molecule has 4 rings (SSSR count). The second-order valence-corrected chi connectivity index (χ2v) is 7.04. The Morgan fingerprint density at radius 1 is 1.29 bits per heavy atom. The minimum absolute atomic E-state index is 0.183. The lowest BCUT2D eigenvalue weighted by atomic mass is 9.99. The molecule has 11 heteroatoms. The van der Waals surface area contributed by atoms with Gasteiger partial charge >= 0.3 is 6.18 Å². The maximum atomic E-state index is 14.0. The molecule has 1 aromatic carbocycles. The van der Waals surface area contributed by atoms with Crippen LogP contribution in [0.25, 0.3) is 33.8 Å². The fourth-order valence-electron chi connectivity index (χ4n) is 3.17. The van der Waals surface area contributed by atoms with Crippen LogP contribution in [-0.4, -0.2) is 36.1 Å². The monoisotopic (exact) mass is 448 g/mol. The van der Waals surface area contributed by atoms with E-state index >= 15 is 0 Å². The smallest absolute Gasteiger partial charge is 0.391 e. The van der Waals surface area contributed by atoms with Crippen molar-refractivity contribution < 1.29 is 22.8 Å².